The van der Waals surface area contributed by atoms with Crippen molar-refractivity contribution in [1.29, 1.82) is 0 Å². The highest BCUT2D eigenvalue weighted by atomic mass is 19.2. The van der Waals surface area contributed by atoms with Crippen LogP contribution in [0, 0.1) is 11.6 Å². The van der Waals surface area contributed by atoms with E-state index in [0.717, 1.165) is 6.08 Å². The second-order valence-corrected chi connectivity index (χ2v) is 7.03. The molecule has 1 N–H and O–H groups in total. The van der Waals surface area contributed by atoms with Gasteiger partial charge in [0.05, 0.1) is 12.8 Å². The molecule has 0 spiro atoms. The highest BCUT2D eigenvalue weighted by Gasteiger charge is 2.13. The molecule has 0 saturated heterocycles. The molecule has 35 heavy (non-hydrogen) atoms. The van der Waals surface area contributed by atoms with Crippen molar-refractivity contribution in [3.8, 4) is 16.9 Å². The number of methoxy groups -OCH3 is 1. The van der Waals surface area contributed by atoms with E-state index in [-0.39, 0.29) is 39.5 Å². The average Bonchev–Trinajstić information content (AvgIpc) is 2.84. The number of hydrogen-bond donors (Lipinski definition) is 1. The minimum Gasteiger partial charge on any atom is -0.508 e. The molecule has 0 amide bonds. The van der Waals surface area contributed by atoms with Crippen molar-refractivity contribution in [1.82, 2.24) is 0 Å². The Morgan fingerprint density at radius 2 is 1.60 bits per heavy atom. The molecule has 0 bridgehead atoms. The maximum absolute atomic E-state index is 14.5. The minimum atomic E-state index is -1.04. The van der Waals surface area contributed by atoms with Crippen LogP contribution in [0.25, 0.3) is 17.2 Å². The quantitative estimate of drug-likeness (QED) is 0.170. The van der Waals surface area contributed by atoms with Crippen LogP contribution >= 0.6 is 0 Å². The van der Waals surface area contributed by atoms with Crippen LogP contribution in [0.3, 0.4) is 0 Å². The number of phenols is 1. The smallest absolute Gasteiger partial charge is 0.167 e. The van der Waals surface area contributed by atoms with Gasteiger partial charge in [0.1, 0.15) is 17.3 Å². The molecule has 2 rings (SSSR count). The lowest BCUT2D eigenvalue weighted by Gasteiger charge is -2.07. The first-order valence-corrected chi connectivity index (χ1v) is 10.3. The standard InChI is InChI=1S/C26H22F3NO2.C3H6/c1-16(19(4)24(27)14-18(3)32-5)15-30-17(2)6-7-21-10-13-23(26(29)25(21)28)20-8-11-22(31)12-9-20;1-3-2/h6-15,31H,1-4H2,5H3;3H,1H2,2H3/b7-6+,24-14+,30-15?;. The fourth-order valence-corrected chi connectivity index (χ4v) is 2.47. The first-order valence-electron chi connectivity index (χ1n) is 10.3. The predicted octanol–water partition coefficient (Wildman–Crippen LogP) is 8.25. The summed E-state index contributed by atoms with van der Waals surface area (Å²) in [7, 11) is 1.36. The van der Waals surface area contributed by atoms with Crippen LogP contribution in [-0.4, -0.2) is 18.4 Å². The topological polar surface area (TPSA) is 41.8 Å². The van der Waals surface area contributed by atoms with Gasteiger partial charge in [-0.3, -0.25) is 4.99 Å². The van der Waals surface area contributed by atoms with Crippen LogP contribution in [0.5, 0.6) is 5.75 Å². The number of allylic oxidation sites excluding steroid dienone is 6. The molecule has 0 unspecified atom stereocenters. The summed E-state index contributed by atoms with van der Waals surface area (Å²) >= 11 is 0. The molecule has 0 radical (unpaired) electrons. The molecule has 3 nitrogen and oxygen atoms in total. The van der Waals surface area contributed by atoms with Crippen LogP contribution < -0.4 is 0 Å². The molecular weight excluding hydrogens is 451 g/mol. The van der Waals surface area contributed by atoms with Crippen molar-refractivity contribution in [3.05, 3.63) is 133 Å². The molecule has 0 saturated carbocycles. The van der Waals surface area contributed by atoms with E-state index in [1.54, 1.807) is 6.08 Å². The number of benzene rings is 2. The maximum Gasteiger partial charge on any atom is 0.167 e. The SMILES string of the molecule is C=C(/C=C/c1ccc(-c2ccc(O)cc2)c(F)c1F)N=CC(=C)C(=C)/C(F)=C\C(=C)OC.C=CC. The van der Waals surface area contributed by atoms with Crippen LogP contribution in [0.4, 0.5) is 13.2 Å². The summed E-state index contributed by atoms with van der Waals surface area (Å²) in [6.45, 7) is 19.7. The van der Waals surface area contributed by atoms with E-state index >= 15 is 0 Å². The summed E-state index contributed by atoms with van der Waals surface area (Å²) < 4.78 is 47.8. The van der Waals surface area contributed by atoms with Crippen LogP contribution in [0.15, 0.2) is 121 Å². The second kappa shape index (κ2) is 14.1. The highest BCUT2D eigenvalue weighted by Crippen LogP contribution is 2.28. The van der Waals surface area contributed by atoms with E-state index in [1.165, 1.54) is 61.9 Å². The lowest BCUT2D eigenvalue weighted by molar-refractivity contribution is 0.307. The molecule has 182 valence electrons. The third-order valence-corrected chi connectivity index (χ3v) is 4.36. The number of ether oxygens (including phenoxy) is 1. The number of nitrogens with zero attached hydrogens (tertiary/aromatic N) is 1. The van der Waals surface area contributed by atoms with E-state index in [1.807, 2.05) is 6.92 Å². The zero-order chi connectivity index (χ0) is 26.5. The van der Waals surface area contributed by atoms with Gasteiger partial charge in [0, 0.05) is 29.0 Å². The van der Waals surface area contributed by atoms with Crippen molar-refractivity contribution in [2.45, 2.75) is 6.92 Å². The zero-order valence-electron chi connectivity index (χ0n) is 19.8. The fourth-order valence-electron chi connectivity index (χ4n) is 2.47. The molecule has 0 fully saturated rings. The van der Waals surface area contributed by atoms with Gasteiger partial charge in [-0.05, 0) is 42.3 Å². The highest BCUT2D eigenvalue weighted by molar-refractivity contribution is 5.86. The van der Waals surface area contributed by atoms with Gasteiger partial charge < -0.3 is 9.84 Å². The second-order valence-electron chi connectivity index (χ2n) is 7.03. The van der Waals surface area contributed by atoms with Gasteiger partial charge in [0.15, 0.2) is 11.6 Å². The lowest BCUT2D eigenvalue weighted by Crippen LogP contribution is -1.93. The Morgan fingerprint density at radius 1 is 1.00 bits per heavy atom. The van der Waals surface area contributed by atoms with Gasteiger partial charge >= 0.3 is 0 Å². The predicted molar refractivity (Wildman–Crippen MR) is 140 cm³/mol. The van der Waals surface area contributed by atoms with E-state index in [4.69, 9.17) is 4.74 Å². The molecule has 6 heteroatoms. The molecule has 0 aromatic heterocycles. The van der Waals surface area contributed by atoms with Crippen molar-refractivity contribution in [3.63, 3.8) is 0 Å². The molecule has 0 atom stereocenters. The number of phenolic OH excluding ortho intramolecular Hbond substituents is 1. The summed E-state index contributed by atoms with van der Waals surface area (Å²) in [5.41, 5.74) is 0.869. The van der Waals surface area contributed by atoms with Gasteiger partial charge in [-0.1, -0.05) is 56.7 Å². The summed E-state index contributed by atoms with van der Waals surface area (Å²) in [4.78, 5) is 4.01. The molecule has 2 aromatic rings. The fraction of sp³-hybridized carbons (Fsp3) is 0.0690. The van der Waals surface area contributed by atoms with Gasteiger partial charge in [-0.15, -0.1) is 6.58 Å². The minimum absolute atomic E-state index is 0.00308. The molecule has 0 aliphatic rings. The summed E-state index contributed by atoms with van der Waals surface area (Å²) in [5, 5.41) is 9.34. The van der Waals surface area contributed by atoms with Gasteiger partial charge in [0.2, 0.25) is 0 Å². The van der Waals surface area contributed by atoms with Crippen molar-refractivity contribution >= 4 is 12.3 Å². The Bertz CT molecular complexity index is 1200. The van der Waals surface area contributed by atoms with E-state index < -0.39 is 17.5 Å². The summed E-state index contributed by atoms with van der Waals surface area (Å²) in [5.74, 6) is -2.59. The number of aromatic hydroxyl groups is 1. The van der Waals surface area contributed by atoms with Gasteiger partial charge in [0.25, 0.3) is 0 Å². The normalized spacial score (nSPS) is 11.1. The third-order valence-electron chi connectivity index (χ3n) is 4.36. The Balaban J connectivity index is 0.00000194. The first kappa shape index (κ1) is 28.7. The average molecular weight is 480 g/mol. The molecule has 2 aromatic carbocycles. The number of hydrogen-bond acceptors (Lipinski definition) is 3. The Morgan fingerprint density at radius 3 is 2.17 bits per heavy atom. The first-order chi connectivity index (χ1) is 16.5. The third kappa shape index (κ3) is 8.85. The molecule has 0 heterocycles. The van der Waals surface area contributed by atoms with E-state index in [9.17, 15) is 18.3 Å². The van der Waals surface area contributed by atoms with Gasteiger partial charge in [-0.25, -0.2) is 13.2 Å². The summed E-state index contributed by atoms with van der Waals surface area (Å²) in [6, 6.07) is 8.61. The largest absolute Gasteiger partial charge is 0.508 e. The van der Waals surface area contributed by atoms with E-state index in [2.05, 4.69) is 37.9 Å². The Kier molecular flexibility index (Phi) is 11.5. The van der Waals surface area contributed by atoms with Crippen molar-refractivity contribution < 1.29 is 23.0 Å². The van der Waals surface area contributed by atoms with E-state index in [0.29, 0.717) is 5.56 Å². The van der Waals surface area contributed by atoms with Crippen molar-refractivity contribution in [2.75, 3.05) is 7.11 Å². The Labute approximate surface area is 204 Å². The van der Waals surface area contributed by atoms with Crippen LogP contribution in [-0.2, 0) is 4.74 Å². The monoisotopic (exact) mass is 479 g/mol. The number of halogens is 3. The van der Waals surface area contributed by atoms with Crippen molar-refractivity contribution in [2.24, 2.45) is 4.99 Å². The number of aliphatic imine (C=N–C) groups is 1. The van der Waals surface area contributed by atoms with Crippen LogP contribution in [0.1, 0.15) is 12.5 Å². The molecule has 0 aliphatic carbocycles. The summed E-state index contributed by atoms with van der Waals surface area (Å²) in [6.07, 6.45) is 6.76. The molecule has 0 aliphatic heterocycles. The number of rotatable bonds is 9. The Hall–Kier alpha value is -4.32. The van der Waals surface area contributed by atoms with Gasteiger partial charge in [-0.2, -0.15) is 0 Å². The lowest BCUT2D eigenvalue weighted by atomic mass is 10.0. The molecular formula is C29H28F3NO2. The van der Waals surface area contributed by atoms with Crippen LogP contribution in [0.2, 0.25) is 0 Å². The zero-order valence-corrected chi connectivity index (χ0v) is 19.8. The maximum atomic E-state index is 14.5.